The Hall–Kier alpha value is -0.730. The first-order valence-corrected chi connectivity index (χ1v) is 4.30. The molecule has 0 spiro atoms. The third-order valence-corrected chi connectivity index (χ3v) is 2.53. The highest BCUT2D eigenvalue weighted by atomic mass is 35.5. The van der Waals surface area contributed by atoms with E-state index in [1.54, 1.807) is 0 Å². The van der Waals surface area contributed by atoms with E-state index in [0.717, 1.165) is 13.1 Å². The maximum Gasteiger partial charge on any atom is 0.0638 e. The van der Waals surface area contributed by atoms with E-state index in [1.807, 2.05) is 12.1 Å². The van der Waals surface area contributed by atoms with Crippen molar-refractivity contribution in [1.29, 1.82) is 0 Å². The predicted octanol–water partition coefficient (Wildman–Crippen LogP) is 1.87. The second kappa shape index (κ2) is 2.64. The monoisotopic (exact) mass is 182 g/mol. The molecule has 12 heavy (non-hydrogen) atoms. The van der Waals surface area contributed by atoms with Crippen LogP contribution in [0, 0.1) is 0 Å². The zero-order valence-electron chi connectivity index (χ0n) is 6.97. The number of anilines is 1. The highest BCUT2D eigenvalue weighted by Gasteiger charge is 2.16. The number of hydrogen-bond donors (Lipinski definition) is 1. The summed E-state index contributed by atoms with van der Waals surface area (Å²) in [6, 6.07) is 3.94. The lowest BCUT2D eigenvalue weighted by Crippen LogP contribution is -2.07. The lowest BCUT2D eigenvalue weighted by molar-refractivity contribution is 0.353. The quantitative estimate of drug-likeness (QED) is 0.621. The van der Waals surface area contributed by atoms with Crippen LogP contribution in [0.2, 0.25) is 5.02 Å². The molecule has 0 aliphatic carbocycles. The summed E-state index contributed by atoms with van der Waals surface area (Å²) < 4.78 is 0. The van der Waals surface area contributed by atoms with Gasteiger partial charge in [0.1, 0.15) is 0 Å². The Morgan fingerprint density at radius 2 is 1.92 bits per heavy atom. The van der Waals surface area contributed by atoms with E-state index in [1.165, 1.54) is 11.1 Å². The van der Waals surface area contributed by atoms with Crippen LogP contribution in [0.4, 0.5) is 5.69 Å². The van der Waals surface area contributed by atoms with Crippen LogP contribution in [0.3, 0.4) is 0 Å². The Labute approximate surface area is 76.9 Å². The van der Waals surface area contributed by atoms with E-state index in [9.17, 15) is 0 Å². The smallest absolute Gasteiger partial charge is 0.0638 e. The minimum atomic E-state index is 0.670. The van der Waals surface area contributed by atoms with Gasteiger partial charge in [-0.3, -0.25) is 4.90 Å². The summed E-state index contributed by atoms with van der Waals surface area (Å²) in [7, 11) is 2.09. The van der Waals surface area contributed by atoms with Crippen LogP contribution >= 0.6 is 11.6 Å². The van der Waals surface area contributed by atoms with Gasteiger partial charge in [-0.2, -0.15) is 0 Å². The summed E-state index contributed by atoms with van der Waals surface area (Å²) in [4.78, 5) is 2.24. The lowest BCUT2D eigenvalue weighted by Gasteiger charge is -2.02. The molecule has 1 aromatic rings. The molecule has 2 N–H and O–H groups in total. The predicted molar refractivity (Wildman–Crippen MR) is 51.0 cm³/mol. The molecule has 1 aliphatic heterocycles. The van der Waals surface area contributed by atoms with Gasteiger partial charge in [0.05, 0.1) is 10.7 Å². The number of fused-ring (bicyclic) bond motifs is 1. The van der Waals surface area contributed by atoms with Crippen LogP contribution in [0.1, 0.15) is 11.1 Å². The fourth-order valence-electron chi connectivity index (χ4n) is 1.61. The molecule has 0 unspecified atom stereocenters. The normalized spacial score (nSPS) is 16.5. The summed E-state index contributed by atoms with van der Waals surface area (Å²) >= 11 is 5.90. The van der Waals surface area contributed by atoms with Crippen LogP contribution < -0.4 is 5.73 Å². The van der Waals surface area contributed by atoms with Gasteiger partial charge < -0.3 is 5.73 Å². The number of nitrogens with two attached hydrogens (primary N) is 1. The largest absolute Gasteiger partial charge is 0.398 e. The number of nitrogen functional groups attached to an aromatic ring is 1. The van der Waals surface area contributed by atoms with Gasteiger partial charge in [-0.25, -0.2) is 0 Å². The SMILES string of the molecule is CN1Cc2cc(N)c(Cl)cc2C1. The molecule has 3 heteroatoms. The van der Waals surface area contributed by atoms with Crippen molar-refractivity contribution < 1.29 is 0 Å². The molecule has 0 atom stereocenters. The highest BCUT2D eigenvalue weighted by Crippen LogP contribution is 2.28. The average Bonchev–Trinajstić information content (AvgIpc) is 2.30. The minimum Gasteiger partial charge on any atom is -0.398 e. The molecule has 1 aromatic carbocycles. The molecule has 0 saturated carbocycles. The first-order chi connectivity index (χ1) is 5.66. The molecule has 0 amide bonds. The molecule has 2 nitrogen and oxygen atoms in total. The van der Waals surface area contributed by atoms with E-state index < -0.39 is 0 Å². The van der Waals surface area contributed by atoms with Gasteiger partial charge in [0.25, 0.3) is 0 Å². The summed E-state index contributed by atoms with van der Waals surface area (Å²) in [5.41, 5.74) is 8.98. The Kier molecular flexibility index (Phi) is 1.74. The Balaban J connectivity index is 2.48. The molecule has 0 bridgehead atoms. The first-order valence-electron chi connectivity index (χ1n) is 3.92. The van der Waals surface area contributed by atoms with E-state index in [4.69, 9.17) is 17.3 Å². The van der Waals surface area contributed by atoms with Crippen LogP contribution in [-0.2, 0) is 13.1 Å². The zero-order chi connectivity index (χ0) is 8.72. The van der Waals surface area contributed by atoms with Gasteiger partial charge in [0.15, 0.2) is 0 Å². The van der Waals surface area contributed by atoms with Gasteiger partial charge >= 0.3 is 0 Å². The first kappa shape index (κ1) is 7.90. The van der Waals surface area contributed by atoms with Crippen LogP contribution in [0.5, 0.6) is 0 Å². The second-order valence-corrected chi connectivity index (χ2v) is 3.72. The maximum atomic E-state index is 5.90. The maximum absolute atomic E-state index is 5.90. The molecule has 2 rings (SSSR count). The molecule has 0 radical (unpaired) electrons. The van der Waals surface area contributed by atoms with Crippen molar-refractivity contribution in [3.05, 3.63) is 28.3 Å². The Morgan fingerprint density at radius 1 is 1.33 bits per heavy atom. The summed E-state index contributed by atoms with van der Waals surface area (Å²) in [6.07, 6.45) is 0. The summed E-state index contributed by atoms with van der Waals surface area (Å²) in [6.45, 7) is 1.96. The Morgan fingerprint density at radius 3 is 2.58 bits per heavy atom. The van der Waals surface area contributed by atoms with E-state index >= 15 is 0 Å². The fraction of sp³-hybridized carbons (Fsp3) is 0.333. The molecule has 1 aliphatic rings. The van der Waals surface area contributed by atoms with Gasteiger partial charge in [-0.15, -0.1) is 0 Å². The average molecular weight is 183 g/mol. The van der Waals surface area contributed by atoms with Crippen molar-refractivity contribution in [2.24, 2.45) is 0 Å². The van der Waals surface area contributed by atoms with Crippen molar-refractivity contribution in [1.82, 2.24) is 4.90 Å². The fourth-order valence-corrected chi connectivity index (χ4v) is 1.80. The summed E-state index contributed by atoms with van der Waals surface area (Å²) in [5, 5.41) is 0.670. The highest BCUT2D eigenvalue weighted by molar-refractivity contribution is 6.33. The summed E-state index contributed by atoms with van der Waals surface area (Å²) in [5.74, 6) is 0. The number of halogens is 1. The third-order valence-electron chi connectivity index (χ3n) is 2.20. The lowest BCUT2D eigenvalue weighted by atomic mass is 10.1. The number of nitrogens with zero attached hydrogens (tertiary/aromatic N) is 1. The standard InChI is InChI=1S/C9H11ClN2/c1-12-4-6-2-8(10)9(11)3-7(6)5-12/h2-3H,4-5,11H2,1H3. The number of hydrogen-bond acceptors (Lipinski definition) is 2. The number of rotatable bonds is 0. The van der Waals surface area contributed by atoms with Crippen molar-refractivity contribution in [3.8, 4) is 0 Å². The van der Waals surface area contributed by atoms with E-state index in [2.05, 4.69) is 11.9 Å². The third kappa shape index (κ3) is 1.17. The van der Waals surface area contributed by atoms with Gasteiger partial charge in [0.2, 0.25) is 0 Å². The second-order valence-electron chi connectivity index (χ2n) is 3.31. The van der Waals surface area contributed by atoms with Crippen LogP contribution in [0.25, 0.3) is 0 Å². The molecular weight excluding hydrogens is 172 g/mol. The van der Waals surface area contributed by atoms with E-state index in [0.29, 0.717) is 10.7 Å². The Bertz CT molecular complexity index is 292. The van der Waals surface area contributed by atoms with Gasteiger partial charge in [-0.1, -0.05) is 11.6 Å². The molecule has 64 valence electrons. The molecule has 0 saturated heterocycles. The molecule has 0 fully saturated rings. The minimum absolute atomic E-state index is 0.670. The molecular formula is C9H11ClN2. The number of benzene rings is 1. The molecule has 0 aromatic heterocycles. The van der Waals surface area contributed by atoms with Crippen molar-refractivity contribution in [3.63, 3.8) is 0 Å². The van der Waals surface area contributed by atoms with Gasteiger partial charge in [0, 0.05) is 13.1 Å². The van der Waals surface area contributed by atoms with Crippen LogP contribution in [0.15, 0.2) is 12.1 Å². The zero-order valence-corrected chi connectivity index (χ0v) is 7.73. The molecule has 1 heterocycles. The van der Waals surface area contributed by atoms with Crippen molar-refractivity contribution >= 4 is 17.3 Å². The van der Waals surface area contributed by atoms with Crippen LogP contribution in [-0.4, -0.2) is 11.9 Å². The topological polar surface area (TPSA) is 29.3 Å². The van der Waals surface area contributed by atoms with Crippen molar-refractivity contribution in [2.45, 2.75) is 13.1 Å². The van der Waals surface area contributed by atoms with E-state index in [-0.39, 0.29) is 0 Å². The van der Waals surface area contributed by atoms with Crippen molar-refractivity contribution in [2.75, 3.05) is 12.8 Å². The van der Waals surface area contributed by atoms with Gasteiger partial charge in [-0.05, 0) is 30.3 Å².